The molecule has 0 N–H and O–H groups in total. The Kier molecular flexibility index (Phi) is 5.35. The maximum atomic E-state index is 13.2. The van der Waals surface area contributed by atoms with Crippen LogP contribution in [0.5, 0.6) is 0 Å². The van der Waals surface area contributed by atoms with Crippen molar-refractivity contribution in [2.75, 3.05) is 7.05 Å². The lowest BCUT2D eigenvalue weighted by Gasteiger charge is -2.24. The molecule has 0 spiro atoms. The third-order valence-electron chi connectivity index (χ3n) is 6.30. The molecule has 1 aromatic carbocycles. The standard InChI is InChI=1S/C25H25N5OS/c1-16-21(24(31)29(3)17(2)22-12-7-13-32-22)15-27-30(16)25-26-14-19-10-6-9-18-8-4-5-11-20(18)23(19)28-25/h4-5,7-8,11-15,17H,6,9-10H2,1-3H3/t17-/m0/s1. The van der Waals surface area contributed by atoms with E-state index in [-0.39, 0.29) is 11.9 Å². The van der Waals surface area contributed by atoms with Gasteiger partial charge in [0, 0.05) is 23.7 Å². The number of amides is 1. The maximum absolute atomic E-state index is 13.2. The van der Waals surface area contributed by atoms with Gasteiger partial charge < -0.3 is 4.90 Å². The average molecular weight is 444 g/mol. The summed E-state index contributed by atoms with van der Waals surface area (Å²) in [6.07, 6.45) is 6.61. The average Bonchev–Trinajstić information content (AvgIpc) is 3.44. The highest BCUT2D eigenvalue weighted by Crippen LogP contribution is 2.31. The SMILES string of the molecule is Cc1c(C(=O)N(C)[C@@H](C)c2cccs2)cnn1-c1ncc2c(n1)-c1ccccc1CCC2. The van der Waals surface area contributed by atoms with E-state index in [4.69, 9.17) is 4.98 Å². The number of nitrogens with zero attached hydrogens (tertiary/aromatic N) is 5. The van der Waals surface area contributed by atoms with Crippen LogP contribution in [0.3, 0.4) is 0 Å². The van der Waals surface area contributed by atoms with Crippen LogP contribution in [0.15, 0.2) is 54.2 Å². The van der Waals surface area contributed by atoms with Gasteiger partial charge in [-0.15, -0.1) is 11.3 Å². The van der Waals surface area contributed by atoms with Gasteiger partial charge in [-0.1, -0.05) is 30.3 Å². The fourth-order valence-corrected chi connectivity index (χ4v) is 5.09. The second-order valence-corrected chi connectivity index (χ2v) is 9.20. The van der Waals surface area contributed by atoms with E-state index in [1.54, 1.807) is 27.1 Å². The molecule has 4 aromatic rings. The van der Waals surface area contributed by atoms with Gasteiger partial charge in [0.25, 0.3) is 11.9 Å². The molecule has 0 bridgehead atoms. The molecule has 162 valence electrons. The summed E-state index contributed by atoms with van der Waals surface area (Å²) in [4.78, 5) is 25.6. The van der Waals surface area contributed by atoms with Crippen LogP contribution >= 0.6 is 11.3 Å². The molecule has 0 saturated heterocycles. The lowest BCUT2D eigenvalue weighted by Crippen LogP contribution is -2.29. The Balaban J connectivity index is 1.49. The van der Waals surface area contributed by atoms with Crippen molar-refractivity contribution < 1.29 is 4.79 Å². The van der Waals surface area contributed by atoms with E-state index in [1.807, 2.05) is 38.5 Å². The van der Waals surface area contributed by atoms with Crippen molar-refractivity contribution in [3.8, 4) is 17.2 Å². The third-order valence-corrected chi connectivity index (χ3v) is 7.34. The Morgan fingerprint density at radius 3 is 2.75 bits per heavy atom. The number of hydrogen-bond acceptors (Lipinski definition) is 5. The Hall–Kier alpha value is -3.32. The summed E-state index contributed by atoms with van der Waals surface area (Å²) in [5, 5.41) is 6.52. The molecule has 1 atom stereocenters. The van der Waals surface area contributed by atoms with Crippen molar-refractivity contribution in [3.05, 3.63) is 81.4 Å². The number of benzene rings is 1. The molecular weight excluding hydrogens is 418 g/mol. The molecule has 0 fully saturated rings. The van der Waals surface area contributed by atoms with Gasteiger partial charge >= 0.3 is 0 Å². The molecule has 3 heterocycles. The largest absolute Gasteiger partial charge is 0.334 e. The van der Waals surface area contributed by atoms with Crippen molar-refractivity contribution in [1.82, 2.24) is 24.6 Å². The predicted octanol–water partition coefficient (Wildman–Crippen LogP) is 5.02. The van der Waals surface area contributed by atoms with Gasteiger partial charge in [0.1, 0.15) is 0 Å². The molecule has 1 amide bonds. The highest BCUT2D eigenvalue weighted by molar-refractivity contribution is 7.10. The normalized spacial score (nSPS) is 13.7. The summed E-state index contributed by atoms with van der Waals surface area (Å²) in [7, 11) is 1.83. The highest BCUT2D eigenvalue weighted by atomic mass is 32.1. The Morgan fingerprint density at radius 2 is 1.94 bits per heavy atom. The monoisotopic (exact) mass is 443 g/mol. The lowest BCUT2D eigenvalue weighted by atomic mass is 10.0. The number of aromatic nitrogens is 4. The minimum Gasteiger partial charge on any atom is -0.334 e. The van der Waals surface area contributed by atoms with Gasteiger partial charge in [0.2, 0.25) is 0 Å². The fraction of sp³-hybridized carbons (Fsp3) is 0.280. The molecule has 1 aliphatic rings. The summed E-state index contributed by atoms with van der Waals surface area (Å²) in [6.45, 7) is 3.93. The van der Waals surface area contributed by atoms with Crippen LogP contribution in [0.2, 0.25) is 0 Å². The molecule has 5 rings (SSSR count). The number of carbonyl (C=O) groups is 1. The zero-order valence-electron chi connectivity index (χ0n) is 18.4. The van der Waals surface area contributed by atoms with Crippen LogP contribution in [-0.2, 0) is 12.8 Å². The minimum absolute atomic E-state index is 0.00880. The van der Waals surface area contributed by atoms with E-state index in [9.17, 15) is 4.79 Å². The highest BCUT2D eigenvalue weighted by Gasteiger charge is 2.25. The van der Waals surface area contributed by atoms with Gasteiger partial charge in [-0.25, -0.2) is 14.6 Å². The lowest BCUT2D eigenvalue weighted by molar-refractivity contribution is 0.0744. The van der Waals surface area contributed by atoms with Gasteiger partial charge in [-0.05, 0) is 55.7 Å². The van der Waals surface area contributed by atoms with Crippen molar-refractivity contribution >= 4 is 17.2 Å². The molecule has 6 nitrogen and oxygen atoms in total. The van der Waals surface area contributed by atoms with E-state index in [0.717, 1.165) is 46.7 Å². The van der Waals surface area contributed by atoms with E-state index in [0.29, 0.717) is 11.5 Å². The van der Waals surface area contributed by atoms with Crippen molar-refractivity contribution in [1.29, 1.82) is 0 Å². The van der Waals surface area contributed by atoms with Crippen LogP contribution in [0.1, 0.15) is 51.4 Å². The number of fused-ring (bicyclic) bond motifs is 3. The van der Waals surface area contributed by atoms with Gasteiger partial charge in [-0.3, -0.25) is 4.79 Å². The topological polar surface area (TPSA) is 63.9 Å². The smallest absolute Gasteiger partial charge is 0.257 e. The van der Waals surface area contributed by atoms with Crippen LogP contribution in [0, 0.1) is 6.92 Å². The quantitative estimate of drug-likeness (QED) is 0.444. The maximum Gasteiger partial charge on any atom is 0.257 e. The molecule has 1 aliphatic carbocycles. The van der Waals surface area contributed by atoms with Crippen LogP contribution in [0.4, 0.5) is 0 Å². The van der Waals surface area contributed by atoms with Crippen LogP contribution in [0.25, 0.3) is 17.2 Å². The first-order valence-electron chi connectivity index (χ1n) is 10.8. The Bertz CT molecular complexity index is 1280. The van der Waals surface area contributed by atoms with Crippen molar-refractivity contribution in [2.24, 2.45) is 0 Å². The van der Waals surface area contributed by atoms with E-state index in [1.165, 1.54) is 5.56 Å². The van der Waals surface area contributed by atoms with E-state index in [2.05, 4.69) is 40.4 Å². The first-order chi connectivity index (χ1) is 15.5. The molecule has 7 heteroatoms. The summed E-state index contributed by atoms with van der Waals surface area (Å²) in [5.74, 6) is 0.431. The second-order valence-electron chi connectivity index (χ2n) is 8.22. The molecule has 3 aromatic heterocycles. The first kappa shape index (κ1) is 20.6. The van der Waals surface area contributed by atoms with E-state index >= 15 is 0 Å². The van der Waals surface area contributed by atoms with Crippen molar-refractivity contribution in [3.63, 3.8) is 0 Å². The molecule has 0 saturated carbocycles. The molecule has 0 radical (unpaired) electrons. The first-order valence-corrected chi connectivity index (χ1v) is 11.7. The summed E-state index contributed by atoms with van der Waals surface area (Å²) >= 11 is 1.65. The van der Waals surface area contributed by atoms with Gasteiger partial charge in [0.05, 0.1) is 29.2 Å². The summed E-state index contributed by atoms with van der Waals surface area (Å²) in [5.41, 5.74) is 5.90. The minimum atomic E-state index is -0.0604. The Morgan fingerprint density at radius 1 is 1.12 bits per heavy atom. The fourth-order valence-electron chi connectivity index (χ4n) is 4.26. The number of aryl methyl sites for hydroxylation is 2. The molecule has 0 aliphatic heterocycles. The van der Waals surface area contributed by atoms with Gasteiger partial charge in [0.15, 0.2) is 0 Å². The number of rotatable bonds is 4. The summed E-state index contributed by atoms with van der Waals surface area (Å²) < 4.78 is 1.67. The van der Waals surface area contributed by atoms with Crippen LogP contribution < -0.4 is 0 Å². The molecular formula is C25H25N5OS. The summed E-state index contributed by atoms with van der Waals surface area (Å²) in [6, 6.07) is 12.5. The molecule has 32 heavy (non-hydrogen) atoms. The molecule has 0 unspecified atom stereocenters. The van der Waals surface area contributed by atoms with E-state index < -0.39 is 0 Å². The third kappa shape index (κ3) is 3.52. The number of hydrogen-bond donors (Lipinski definition) is 0. The Labute approximate surface area is 191 Å². The van der Waals surface area contributed by atoms with Gasteiger partial charge in [-0.2, -0.15) is 5.10 Å². The number of carbonyl (C=O) groups excluding carboxylic acids is 1. The number of thiophene rings is 1. The zero-order chi connectivity index (χ0) is 22.2. The predicted molar refractivity (Wildman–Crippen MR) is 126 cm³/mol. The van der Waals surface area contributed by atoms with Crippen LogP contribution in [-0.4, -0.2) is 37.6 Å². The zero-order valence-corrected chi connectivity index (χ0v) is 19.3. The van der Waals surface area contributed by atoms with Crippen molar-refractivity contribution in [2.45, 2.75) is 39.2 Å². The second kappa shape index (κ2) is 8.31.